The van der Waals surface area contributed by atoms with Crippen molar-refractivity contribution in [2.24, 2.45) is 22.7 Å². The number of rotatable bonds is 3. The number of aliphatic hydroxyl groups excluding tert-OH is 2. The van der Waals surface area contributed by atoms with Crippen LogP contribution in [0.4, 0.5) is 0 Å². The number of cyclic esters (lactones) is 1. The van der Waals surface area contributed by atoms with Crippen LogP contribution in [-0.4, -0.2) is 28.6 Å². The summed E-state index contributed by atoms with van der Waals surface area (Å²) in [6.07, 6.45) is 6.70. The topological polar surface area (TPSA) is 66.8 Å². The molecule has 2 N–H and O–H groups in total. The lowest BCUT2D eigenvalue weighted by Gasteiger charge is -2.57. The Morgan fingerprint density at radius 1 is 1.33 bits per heavy atom. The van der Waals surface area contributed by atoms with E-state index in [1.165, 1.54) is 30.9 Å². The van der Waals surface area contributed by atoms with Crippen LogP contribution in [0.2, 0.25) is 0 Å². The molecule has 0 amide bonds. The van der Waals surface area contributed by atoms with Gasteiger partial charge in [0.05, 0.1) is 6.10 Å². The quantitative estimate of drug-likeness (QED) is 0.614. The summed E-state index contributed by atoms with van der Waals surface area (Å²) in [6, 6.07) is 0. The number of esters is 1. The molecular formula is C20H30O4. The Hall–Kier alpha value is -1.13. The van der Waals surface area contributed by atoms with Crippen LogP contribution in [0.5, 0.6) is 0 Å². The second-order valence-corrected chi connectivity index (χ2v) is 8.82. The summed E-state index contributed by atoms with van der Waals surface area (Å²) in [4.78, 5) is 11.3. The third-order valence-electron chi connectivity index (χ3n) is 6.94. The van der Waals surface area contributed by atoms with Crippen molar-refractivity contribution in [1.82, 2.24) is 0 Å². The van der Waals surface area contributed by atoms with E-state index in [0.717, 1.165) is 6.42 Å². The molecule has 1 saturated carbocycles. The number of carbonyl (C=O) groups is 1. The molecule has 0 aromatic carbocycles. The highest BCUT2D eigenvalue weighted by Gasteiger charge is 2.52. The summed E-state index contributed by atoms with van der Waals surface area (Å²) in [5.74, 6) is 0.282. The highest BCUT2D eigenvalue weighted by molar-refractivity contribution is 5.85. The lowest BCUT2D eigenvalue weighted by atomic mass is 9.48. The fourth-order valence-electron chi connectivity index (χ4n) is 5.63. The second-order valence-electron chi connectivity index (χ2n) is 8.82. The second kappa shape index (κ2) is 5.99. The Bertz CT molecular complexity index is 588. The minimum Gasteiger partial charge on any atom is -0.429 e. The van der Waals surface area contributed by atoms with Gasteiger partial charge in [-0.15, -0.1) is 0 Å². The molecule has 0 bridgehead atoms. The molecule has 134 valence electrons. The monoisotopic (exact) mass is 334 g/mol. The third kappa shape index (κ3) is 2.84. The van der Waals surface area contributed by atoms with Crippen molar-refractivity contribution < 1.29 is 19.7 Å². The van der Waals surface area contributed by atoms with Gasteiger partial charge >= 0.3 is 5.97 Å². The van der Waals surface area contributed by atoms with E-state index >= 15 is 0 Å². The van der Waals surface area contributed by atoms with E-state index in [2.05, 4.69) is 33.8 Å². The van der Waals surface area contributed by atoms with Crippen LogP contribution in [0, 0.1) is 22.7 Å². The van der Waals surface area contributed by atoms with Crippen molar-refractivity contribution in [2.45, 2.75) is 72.2 Å². The molecule has 1 aliphatic heterocycles. The van der Waals surface area contributed by atoms with E-state index in [9.17, 15) is 15.0 Å². The van der Waals surface area contributed by atoms with E-state index in [1.54, 1.807) is 0 Å². The molecule has 2 aliphatic carbocycles. The molecule has 4 nitrogen and oxygen atoms in total. The van der Waals surface area contributed by atoms with Gasteiger partial charge in [-0.2, -0.15) is 0 Å². The average Bonchev–Trinajstić information content (AvgIpc) is 2.80. The van der Waals surface area contributed by atoms with Crippen LogP contribution in [0.1, 0.15) is 59.8 Å². The molecule has 1 fully saturated rings. The van der Waals surface area contributed by atoms with Gasteiger partial charge in [-0.3, -0.25) is 0 Å². The molecule has 24 heavy (non-hydrogen) atoms. The minimum atomic E-state index is -1.30. The maximum atomic E-state index is 11.3. The Morgan fingerprint density at radius 3 is 2.67 bits per heavy atom. The van der Waals surface area contributed by atoms with Gasteiger partial charge in [0.15, 0.2) is 0 Å². The SMILES string of the molecule is CC1=CC[C@@H]2C(C)(C)CCC[C@@]2(C)[C@@H]1C[C@H](O)C1=CC(=O)O[C@@H]1O. The van der Waals surface area contributed by atoms with Crippen molar-refractivity contribution in [3.8, 4) is 0 Å². The first-order valence-electron chi connectivity index (χ1n) is 9.10. The van der Waals surface area contributed by atoms with E-state index in [4.69, 9.17) is 4.74 Å². The fraction of sp³-hybridized carbons (Fsp3) is 0.750. The van der Waals surface area contributed by atoms with Gasteiger partial charge in [-0.1, -0.05) is 38.8 Å². The molecule has 3 rings (SSSR count). The zero-order chi connectivity index (χ0) is 17.7. The van der Waals surface area contributed by atoms with Gasteiger partial charge in [-0.25, -0.2) is 4.79 Å². The molecule has 5 atom stereocenters. The summed E-state index contributed by atoms with van der Waals surface area (Å²) in [7, 11) is 0. The van der Waals surface area contributed by atoms with Gasteiger partial charge in [0.2, 0.25) is 6.29 Å². The number of aliphatic hydroxyl groups is 2. The van der Waals surface area contributed by atoms with Crippen LogP contribution in [0.25, 0.3) is 0 Å². The standard InChI is InChI=1S/C20H30O4/c1-12-6-7-16-19(2,3)8-5-9-20(16,4)14(12)11-15(21)13-10-17(22)24-18(13)23/h6,10,14-16,18,21,23H,5,7-9,11H2,1-4H3/t14-,15+,16-,18+,20+/m1/s1. The molecule has 0 aromatic rings. The first-order chi connectivity index (χ1) is 11.1. The van der Waals surface area contributed by atoms with Gasteiger partial charge in [0.1, 0.15) is 0 Å². The van der Waals surface area contributed by atoms with Crippen molar-refractivity contribution >= 4 is 5.97 Å². The molecule has 0 unspecified atom stereocenters. The maximum Gasteiger partial charge on any atom is 0.333 e. The number of allylic oxidation sites excluding steroid dienone is 2. The first-order valence-corrected chi connectivity index (χ1v) is 9.10. The molecular weight excluding hydrogens is 304 g/mol. The minimum absolute atomic E-state index is 0.149. The molecule has 0 aromatic heterocycles. The highest BCUT2D eigenvalue weighted by atomic mass is 16.6. The fourth-order valence-corrected chi connectivity index (χ4v) is 5.63. The number of fused-ring (bicyclic) bond motifs is 1. The maximum absolute atomic E-state index is 11.3. The van der Waals surface area contributed by atoms with Crippen molar-refractivity contribution in [1.29, 1.82) is 0 Å². The summed E-state index contributed by atoms with van der Waals surface area (Å²) >= 11 is 0. The smallest absolute Gasteiger partial charge is 0.333 e. The average molecular weight is 334 g/mol. The summed E-state index contributed by atoms with van der Waals surface area (Å²) < 4.78 is 4.73. The van der Waals surface area contributed by atoms with Crippen molar-refractivity contribution in [3.63, 3.8) is 0 Å². The molecule has 3 aliphatic rings. The van der Waals surface area contributed by atoms with Gasteiger partial charge in [0.25, 0.3) is 0 Å². The summed E-state index contributed by atoms with van der Waals surface area (Å²) in [6.45, 7) is 9.26. The Morgan fingerprint density at radius 2 is 2.04 bits per heavy atom. The van der Waals surface area contributed by atoms with Gasteiger partial charge in [-0.05, 0) is 55.3 Å². The predicted octanol–water partition coefficient (Wildman–Crippen LogP) is 3.34. The first kappa shape index (κ1) is 17.7. The van der Waals surface area contributed by atoms with E-state index in [1.807, 2.05) is 0 Å². The van der Waals surface area contributed by atoms with E-state index in [0.29, 0.717) is 23.3 Å². The molecule has 0 radical (unpaired) electrons. The third-order valence-corrected chi connectivity index (χ3v) is 6.94. The van der Waals surface area contributed by atoms with Crippen LogP contribution < -0.4 is 0 Å². The molecule has 0 saturated heterocycles. The zero-order valence-corrected chi connectivity index (χ0v) is 15.2. The zero-order valence-electron chi connectivity index (χ0n) is 15.2. The Balaban J connectivity index is 1.86. The van der Waals surface area contributed by atoms with Gasteiger partial charge < -0.3 is 14.9 Å². The van der Waals surface area contributed by atoms with Gasteiger partial charge in [0, 0.05) is 11.6 Å². The van der Waals surface area contributed by atoms with E-state index < -0.39 is 18.4 Å². The van der Waals surface area contributed by atoms with E-state index in [-0.39, 0.29) is 11.3 Å². The van der Waals surface area contributed by atoms with Crippen LogP contribution in [-0.2, 0) is 9.53 Å². The van der Waals surface area contributed by atoms with Crippen LogP contribution in [0.15, 0.2) is 23.3 Å². The summed E-state index contributed by atoms with van der Waals surface area (Å²) in [5, 5.41) is 20.5. The predicted molar refractivity (Wildman–Crippen MR) is 91.9 cm³/mol. The van der Waals surface area contributed by atoms with Crippen LogP contribution >= 0.6 is 0 Å². The largest absolute Gasteiger partial charge is 0.429 e. The Kier molecular flexibility index (Phi) is 4.42. The summed E-state index contributed by atoms with van der Waals surface area (Å²) in [5.41, 5.74) is 2.08. The normalized spacial score (nSPS) is 39.6. The number of carbonyl (C=O) groups excluding carboxylic acids is 1. The van der Waals surface area contributed by atoms with Crippen molar-refractivity contribution in [3.05, 3.63) is 23.3 Å². The number of hydrogen-bond donors (Lipinski definition) is 2. The van der Waals surface area contributed by atoms with Crippen LogP contribution in [0.3, 0.4) is 0 Å². The Labute approximate surface area is 144 Å². The molecule has 1 heterocycles. The lowest BCUT2D eigenvalue weighted by molar-refractivity contribution is -0.152. The molecule has 4 heteroatoms. The number of hydrogen-bond acceptors (Lipinski definition) is 4. The number of ether oxygens (including phenoxy) is 1. The molecule has 0 spiro atoms. The van der Waals surface area contributed by atoms with Crippen molar-refractivity contribution in [2.75, 3.05) is 0 Å². The lowest BCUT2D eigenvalue weighted by Crippen LogP contribution is -2.49. The highest BCUT2D eigenvalue weighted by Crippen LogP contribution is 2.60.